The summed E-state index contributed by atoms with van der Waals surface area (Å²) in [6, 6.07) is 7.63. The number of hydrogen-bond acceptors (Lipinski definition) is 2. The molecule has 0 spiro atoms. The van der Waals surface area contributed by atoms with Gasteiger partial charge in [-0.2, -0.15) is 0 Å². The smallest absolute Gasteiger partial charge is 0.188 e. The molecular formula is C13H17Cl2O2P. The summed E-state index contributed by atoms with van der Waals surface area (Å²) >= 11 is 12.3. The van der Waals surface area contributed by atoms with Crippen LogP contribution in [-0.2, 0) is 4.74 Å². The largest absolute Gasteiger partial charge is 0.497 e. The third kappa shape index (κ3) is 5.48. The summed E-state index contributed by atoms with van der Waals surface area (Å²) in [5.41, 5.74) is 0. The van der Waals surface area contributed by atoms with E-state index < -0.39 is 7.27 Å². The van der Waals surface area contributed by atoms with Gasteiger partial charge in [0, 0.05) is 13.1 Å². The molecule has 18 heavy (non-hydrogen) atoms. The van der Waals surface area contributed by atoms with Crippen LogP contribution in [0.4, 0.5) is 0 Å². The Labute approximate surface area is 119 Å². The van der Waals surface area contributed by atoms with Gasteiger partial charge >= 0.3 is 0 Å². The highest BCUT2D eigenvalue weighted by Gasteiger charge is 2.07. The highest BCUT2D eigenvalue weighted by Crippen LogP contribution is 2.43. The minimum atomic E-state index is -0.956. The molecule has 5 heteroatoms. The molecule has 0 N–H and O–H groups in total. The Kier molecular flexibility index (Phi) is 7.50. The molecule has 0 aliphatic carbocycles. The highest BCUT2D eigenvalue weighted by molar-refractivity contribution is 7.92. The van der Waals surface area contributed by atoms with E-state index in [0.717, 1.165) is 23.9 Å². The van der Waals surface area contributed by atoms with Crippen LogP contribution in [0.25, 0.3) is 0 Å². The maximum absolute atomic E-state index is 6.29. The first-order valence-corrected chi connectivity index (χ1v) is 8.46. The van der Waals surface area contributed by atoms with Crippen LogP contribution in [-0.4, -0.2) is 13.7 Å². The first kappa shape index (κ1) is 15.6. The van der Waals surface area contributed by atoms with Gasteiger partial charge in [-0.25, -0.2) is 0 Å². The molecule has 0 saturated heterocycles. The first-order valence-electron chi connectivity index (χ1n) is 5.76. The predicted molar refractivity (Wildman–Crippen MR) is 80.2 cm³/mol. The van der Waals surface area contributed by atoms with E-state index in [1.54, 1.807) is 12.9 Å². The molecule has 0 aromatic heterocycles. The molecule has 0 fully saturated rings. The summed E-state index contributed by atoms with van der Waals surface area (Å²) in [6.45, 7) is 2.74. The Morgan fingerprint density at radius 3 is 2.56 bits per heavy atom. The minimum absolute atomic E-state index is 0.375. The Hall–Kier alpha value is -0.430. The molecule has 2 nitrogen and oxygen atoms in total. The molecule has 0 saturated carbocycles. The number of ether oxygens (including phenoxy) is 2. The second-order valence-electron chi connectivity index (χ2n) is 3.64. The number of halogens is 2. The average molecular weight is 307 g/mol. The average Bonchev–Trinajstić information content (AvgIpc) is 2.39. The van der Waals surface area contributed by atoms with Crippen LogP contribution < -0.4 is 10.0 Å². The third-order valence-corrected chi connectivity index (χ3v) is 4.77. The van der Waals surface area contributed by atoms with Gasteiger partial charge in [0.25, 0.3) is 0 Å². The molecule has 1 unspecified atom stereocenters. The molecule has 1 atom stereocenters. The lowest BCUT2D eigenvalue weighted by Crippen LogP contribution is -1.96. The van der Waals surface area contributed by atoms with Crippen molar-refractivity contribution >= 4 is 35.4 Å². The van der Waals surface area contributed by atoms with Gasteiger partial charge in [-0.05, 0) is 47.6 Å². The second kappa shape index (κ2) is 8.63. The topological polar surface area (TPSA) is 18.5 Å². The standard InChI is InChI=1S/C13H17Cl2O2P/c1-3-4-9-17-13(14)10-18(15)12-7-5-11(16-2)6-8-12/h5-8,10H,3-4,9H2,1-2H3/b13-10-. The van der Waals surface area contributed by atoms with Gasteiger partial charge in [0.1, 0.15) is 5.75 Å². The number of unbranched alkanes of at least 4 members (excludes halogenated alkanes) is 1. The molecule has 100 valence electrons. The lowest BCUT2D eigenvalue weighted by Gasteiger charge is -2.08. The second-order valence-corrected chi connectivity index (χ2v) is 6.51. The summed E-state index contributed by atoms with van der Waals surface area (Å²) in [6.07, 6.45) is 2.07. The SMILES string of the molecule is CCCCO/C(Cl)=C\P(Cl)c1ccc(OC)cc1. The number of hydrogen-bond donors (Lipinski definition) is 0. The maximum Gasteiger partial charge on any atom is 0.188 e. The minimum Gasteiger partial charge on any atom is -0.497 e. The van der Waals surface area contributed by atoms with Crippen LogP contribution >= 0.6 is 30.1 Å². The van der Waals surface area contributed by atoms with E-state index in [-0.39, 0.29) is 0 Å². The van der Waals surface area contributed by atoms with Crippen molar-refractivity contribution in [3.8, 4) is 5.75 Å². The zero-order valence-corrected chi connectivity index (χ0v) is 12.9. The third-order valence-electron chi connectivity index (χ3n) is 2.27. The molecule has 0 amide bonds. The van der Waals surface area contributed by atoms with Crippen molar-refractivity contribution in [2.75, 3.05) is 13.7 Å². The molecule has 1 aromatic rings. The van der Waals surface area contributed by atoms with Crippen LogP contribution in [0.5, 0.6) is 5.75 Å². The van der Waals surface area contributed by atoms with Gasteiger partial charge in [0.05, 0.1) is 13.7 Å². The fraction of sp³-hybridized carbons (Fsp3) is 0.385. The molecule has 0 radical (unpaired) electrons. The molecule has 0 heterocycles. The summed E-state index contributed by atoms with van der Waals surface area (Å²) in [4.78, 5) is 0. The highest BCUT2D eigenvalue weighted by atomic mass is 35.7. The monoisotopic (exact) mass is 306 g/mol. The number of methoxy groups -OCH3 is 1. The van der Waals surface area contributed by atoms with E-state index in [2.05, 4.69) is 6.92 Å². The van der Waals surface area contributed by atoms with Crippen molar-refractivity contribution in [3.05, 3.63) is 35.3 Å². The maximum atomic E-state index is 6.29. The van der Waals surface area contributed by atoms with Crippen molar-refractivity contribution in [2.45, 2.75) is 19.8 Å². The lowest BCUT2D eigenvalue weighted by molar-refractivity contribution is 0.231. The fourth-order valence-electron chi connectivity index (χ4n) is 1.24. The quantitative estimate of drug-likeness (QED) is 0.409. The lowest BCUT2D eigenvalue weighted by atomic mass is 10.3. The van der Waals surface area contributed by atoms with Gasteiger partial charge < -0.3 is 9.47 Å². The van der Waals surface area contributed by atoms with E-state index in [1.807, 2.05) is 24.3 Å². The fourth-order valence-corrected chi connectivity index (χ4v) is 3.20. The molecule has 0 aliphatic rings. The van der Waals surface area contributed by atoms with E-state index in [0.29, 0.717) is 11.8 Å². The summed E-state index contributed by atoms with van der Waals surface area (Å²) in [7, 11) is 0.680. The van der Waals surface area contributed by atoms with Crippen molar-refractivity contribution < 1.29 is 9.47 Å². The van der Waals surface area contributed by atoms with Crippen LogP contribution in [0, 0.1) is 0 Å². The Morgan fingerprint density at radius 1 is 1.33 bits per heavy atom. The van der Waals surface area contributed by atoms with Crippen molar-refractivity contribution in [1.29, 1.82) is 0 Å². The van der Waals surface area contributed by atoms with Crippen LogP contribution in [0.1, 0.15) is 19.8 Å². The van der Waals surface area contributed by atoms with Gasteiger partial charge in [0.2, 0.25) is 0 Å². The van der Waals surface area contributed by atoms with Crippen molar-refractivity contribution in [3.63, 3.8) is 0 Å². The zero-order chi connectivity index (χ0) is 13.4. The number of rotatable bonds is 7. The predicted octanol–water partition coefficient (Wildman–Crippen LogP) is 4.81. The molecule has 0 aliphatic heterocycles. The summed E-state index contributed by atoms with van der Waals surface area (Å²) in [5.74, 6) is 2.57. The van der Waals surface area contributed by atoms with Crippen molar-refractivity contribution in [2.24, 2.45) is 0 Å². The van der Waals surface area contributed by atoms with Gasteiger partial charge in [-0.1, -0.05) is 24.6 Å². The van der Waals surface area contributed by atoms with Gasteiger partial charge in [-0.15, -0.1) is 0 Å². The van der Waals surface area contributed by atoms with Crippen LogP contribution in [0.15, 0.2) is 35.3 Å². The van der Waals surface area contributed by atoms with Crippen LogP contribution in [0.2, 0.25) is 0 Å². The molecule has 1 aromatic carbocycles. The van der Waals surface area contributed by atoms with E-state index in [9.17, 15) is 0 Å². The van der Waals surface area contributed by atoms with E-state index in [4.69, 9.17) is 32.3 Å². The zero-order valence-electron chi connectivity index (χ0n) is 10.5. The van der Waals surface area contributed by atoms with E-state index in [1.165, 1.54) is 0 Å². The Bertz CT molecular complexity index is 379. The molecule has 0 bridgehead atoms. The summed E-state index contributed by atoms with van der Waals surface area (Å²) in [5, 5.41) is 1.39. The van der Waals surface area contributed by atoms with E-state index >= 15 is 0 Å². The first-order chi connectivity index (χ1) is 8.67. The number of benzene rings is 1. The molecule has 1 rings (SSSR count). The summed E-state index contributed by atoms with van der Waals surface area (Å²) < 4.78 is 10.4. The normalized spacial score (nSPS) is 13.2. The molecular weight excluding hydrogens is 290 g/mol. The van der Waals surface area contributed by atoms with Crippen LogP contribution in [0.3, 0.4) is 0 Å². The van der Waals surface area contributed by atoms with Gasteiger partial charge in [0.15, 0.2) is 5.22 Å². The van der Waals surface area contributed by atoms with Gasteiger partial charge in [-0.3, -0.25) is 0 Å². The van der Waals surface area contributed by atoms with Crippen molar-refractivity contribution in [1.82, 2.24) is 0 Å². The Balaban J connectivity index is 2.56. The Morgan fingerprint density at radius 2 is 2.00 bits per heavy atom.